The third-order valence-corrected chi connectivity index (χ3v) is 8.18. The second kappa shape index (κ2) is 12.4. The van der Waals surface area contributed by atoms with Crippen molar-refractivity contribution >= 4 is 7.05 Å². The monoisotopic (exact) mass is 341 g/mol. The molecule has 0 heterocycles. The van der Waals surface area contributed by atoms with Crippen molar-refractivity contribution in [1.82, 2.24) is 0 Å². The van der Waals surface area contributed by atoms with Crippen molar-refractivity contribution in [3.8, 4) is 0 Å². The summed E-state index contributed by atoms with van der Waals surface area (Å²) in [5, 5.41) is 0. The molecule has 0 aromatic rings. The van der Waals surface area contributed by atoms with Gasteiger partial charge in [-0.25, -0.2) is 0 Å². The molecule has 0 spiro atoms. The van der Waals surface area contributed by atoms with Crippen LogP contribution in [0.4, 0.5) is 0 Å². The normalized spacial score (nSPS) is 13.8. The van der Waals surface area contributed by atoms with E-state index in [-0.39, 0.29) is 21.7 Å². The fourth-order valence-electron chi connectivity index (χ4n) is 1.91. The van der Waals surface area contributed by atoms with Gasteiger partial charge < -0.3 is 0 Å². The molecule has 1 nitrogen and oxygen atoms in total. The van der Waals surface area contributed by atoms with Crippen molar-refractivity contribution in [2.75, 3.05) is 18.5 Å². The Kier molecular flexibility index (Phi) is 13.7. The average Bonchev–Trinajstić information content (AvgIpc) is 2.97. The van der Waals surface area contributed by atoms with Gasteiger partial charge in [-0.05, 0) is 52.4 Å². The zero-order chi connectivity index (χ0) is 15.6. The van der Waals surface area contributed by atoms with Gasteiger partial charge in [0.05, 0.1) is 0 Å². The van der Waals surface area contributed by atoms with Gasteiger partial charge in [0.25, 0.3) is 0 Å². The van der Waals surface area contributed by atoms with Gasteiger partial charge in [-0.15, -0.1) is 0 Å². The Labute approximate surface area is 147 Å². The number of nitrogens with zero attached hydrogens (tertiary/aromatic N) is 1. The van der Waals surface area contributed by atoms with E-state index in [1.165, 1.54) is 29.8 Å². The van der Waals surface area contributed by atoms with Gasteiger partial charge in [0.15, 0.2) is 0 Å². The molecule has 0 saturated carbocycles. The summed E-state index contributed by atoms with van der Waals surface area (Å²) in [5.74, 6) is 0. The zero-order valence-corrected chi connectivity index (χ0v) is 17.2. The van der Waals surface area contributed by atoms with Crippen LogP contribution in [0.2, 0.25) is 0 Å². The topological polar surface area (TPSA) is 12.4 Å². The van der Waals surface area contributed by atoms with Crippen LogP contribution in [0.5, 0.6) is 0 Å². The molecule has 0 aromatic carbocycles. The molecule has 0 unspecified atom stereocenters. The van der Waals surface area contributed by atoms with Gasteiger partial charge in [-0.2, -0.15) is 0 Å². The van der Waals surface area contributed by atoms with Crippen LogP contribution in [0, 0.1) is 0 Å². The molecule has 0 N–H and O–H groups in total. The molecule has 0 amide bonds. The molecule has 1 aliphatic carbocycles. The molecule has 21 heavy (non-hydrogen) atoms. The van der Waals surface area contributed by atoms with E-state index >= 15 is 0 Å². The Morgan fingerprint density at radius 3 is 2.00 bits per heavy atom. The Morgan fingerprint density at radius 2 is 1.76 bits per heavy atom. The Balaban J connectivity index is 0. The van der Waals surface area contributed by atoms with Crippen LogP contribution in [0.25, 0.3) is 0 Å². The van der Waals surface area contributed by atoms with Crippen LogP contribution in [-0.2, 0) is 21.7 Å². The Morgan fingerprint density at radius 1 is 1.24 bits per heavy atom. The van der Waals surface area contributed by atoms with Crippen LogP contribution >= 0.6 is 7.05 Å². The second-order valence-electron chi connectivity index (χ2n) is 5.19. The molecule has 3 heteroatoms. The quantitative estimate of drug-likeness (QED) is 0.303. The SMILES string of the molecule is C=C(C)C(C)=CC.CCP(CC)(CC)=NC1=CC=CC1.[Ti]. The third-order valence-electron chi connectivity index (χ3n) is 3.96. The van der Waals surface area contributed by atoms with Crippen LogP contribution < -0.4 is 0 Å². The molecule has 0 aromatic heterocycles. The number of hydrogen-bond acceptors (Lipinski definition) is 1. The van der Waals surface area contributed by atoms with E-state index in [2.05, 4.69) is 58.6 Å². The summed E-state index contributed by atoms with van der Waals surface area (Å²) in [7, 11) is -0.971. The Bertz CT molecular complexity index is 437. The largest absolute Gasteiger partial charge is 0.272 e. The molecule has 0 saturated heterocycles. The molecule has 0 bridgehead atoms. The van der Waals surface area contributed by atoms with Gasteiger partial charge in [-0.1, -0.05) is 56.7 Å². The average molecular weight is 341 g/mol. The standard InChI is InChI=1S/C11H20NP.C7H12.Ti/c1-4-13(5-2,6-3)12-11-9-7-8-10-11;1-5-7(4)6(2)3;/h7-9H,4-6,10H2,1-3H3;5H,2H2,1,3-4H3;. The Hall–Kier alpha value is -0.0957. The van der Waals surface area contributed by atoms with Crippen LogP contribution in [0.1, 0.15) is 48.0 Å². The third kappa shape index (κ3) is 8.81. The molecule has 118 valence electrons. The van der Waals surface area contributed by atoms with E-state index < -0.39 is 7.05 Å². The van der Waals surface area contributed by atoms with Crippen molar-refractivity contribution in [1.29, 1.82) is 0 Å². The molecule has 0 radical (unpaired) electrons. The minimum atomic E-state index is -0.971. The number of hydrogen-bond donors (Lipinski definition) is 0. The predicted octanol–water partition coefficient (Wildman–Crippen LogP) is 6.62. The molecular weight excluding hydrogens is 309 g/mol. The van der Waals surface area contributed by atoms with Gasteiger partial charge in [0.2, 0.25) is 0 Å². The van der Waals surface area contributed by atoms with Crippen molar-refractivity contribution in [2.24, 2.45) is 4.74 Å². The first kappa shape index (κ1) is 23.2. The first-order valence-corrected chi connectivity index (χ1v) is 9.98. The number of rotatable bonds is 5. The maximum absolute atomic E-state index is 4.97. The zero-order valence-electron chi connectivity index (χ0n) is 14.7. The second-order valence-corrected chi connectivity index (χ2v) is 9.47. The van der Waals surface area contributed by atoms with Crippen molar-refractivity contribution in [3.05, 3.63) is 47.7 Å². The van der Waals surface area contributed by atoms with Crippen LogP contribution in [-0.4, -0.2) is 18.5 Å². The van der Waals surface area contributed by atoms with E-state index in [1.54, 1.807) is 0 Å². The summed E-state index contributed by atoms with van der Waals surface area (Å²) in [5.41, 5.74) is 3.74. The smallest absolute Gasteiger partial charge is 0.0425 e. The predicted molar refractivity (Wildman–Crippen MR) is 97.1 cm³/mol. The molecular formula is C18H32NPTi. The van der Waals surface area contributed by atoms with Crippen molar-refractivity contribution in [2.45, 2.75) is 48.0 Å². The molecule has 1 aliphatic rings. The summed E-state index contributed by atoms with van der Waals surface area (Å²) < 4.78 is 4.97. The van der Waals surface area contributed by atoms with E-state index in [0.29, 0.717) is 0 Å². The summed E-state index contributed by atoms with van der Waals surface area (Å²) in [4.78, 5) is 0. The van der Waals surface area contributed by atoms with E-state index in [9.17, 15) is 0 Å². The van der Waals surface area contributed by atoms with E-state index in [1.807, 2.05) is 13.8 Å². The minimum Gasteiger partial charge on any atom is -0.272 e. The minimum absolute atomic E-state index is 0. The maximum Gasteiger partial charge on any atom is 0.0425 e. The van der Waals surface area contributed by atoms with E-state index in [0.717, 1.165) is 12.0 Å². The first-order valence-electron chi connectivity index (χ1n) is 7.68. The van der Waals surface area contributed by atoms with Crippen LogP contribution in [0.3, 0.4) is 0 Å². The summed E-state index contributed by atoms with van der Waals surface area (Å²) in [6.07, 6.45) is 13.4. The van der Waals surface area contributed by atoms with E-state index in [4.69, 9.17) is 4.74 Å². The van der Waals surface area contributed by atoms with Gasteiger partial charge >= 0.3 is 0 Å². The summed E-state index contributed by atoms with van der Waals surface area (Å²) in [6.45, 7) is 16.7. The van der Waals surface area contributed by atoms with Crippen molar-refractivity contribution < 1.29 is 21.7 Å². The van der Waals surface area contributed by atoms with Gasteiger partial charge in [0.1, 0.15) is 0 Å². The fraction of sp³-hybridized carbons (Fsp3) is 0.556. The maximum atomic E-state index is 4.97. The van der Waals surface area contributed by atoms with Crippen LogP contribution in [0.15, 0.2) is 52.5 Å². The van der Waals surface area contributed by atoms with Gasteiger partial charge in [-0.3, -0.25) is 4.74 Å². The summed E-state index contributed by atoms with van der Waals surface area (Å²) >= 11 is 0. The molecule has 0 aliphatic heterocycles. The van der Waals surface area contributed by atoms with Gasteiger partial charge in [0, 0.05) is 33.8 Å². The first-order chi connectivity index (χ1) is 9.44. The molecule has 1 rings (SSSR count). The molecule has 0 atom stereocenters. The fourth-order valence-corrected chi connectivity index (χ4v) is 4.37. The van der Waals surface area contributed by atoms with Crippen molar-refractivity contribution in [3.63, 3.8) is 0 Å². The molecule has 0 fully saturated rings. The number of allylic oxidation sites excluding steroid dienone is 6. The summed E-state index contributed by atoms with van der Waals surface area (Å²) in [6, 6.07) is 0.